The molecular weight excluding hydrogens is 535 g/mol. The summed E-state index contributed by atoms with van der Waals surface area (Å²) in [4.78, 5) is 26.2. The Labute approximate surface area is 227 Å². The average molecular weight is 559 g/mol. The molecule has 2 unspecified atom stereocenters. The molecule has 196 valence electrons. The number of halogens is 1. The van der Waals surface area contributed by atoms with Crippen LogP contribution in [0.4, 0.5) is 4.20 Å². The Hall–Kier alpha value is -4.05. The maximum atomic E-state index is 16.7. The van der Waals surface area contributed by atoms with E-state index in [4.69, 9.17) is 14.0 Å². The monoisotopic (exact) mass is 559 g/mol. The van der Waals surface area contributed by atoms with Crippen molar-refractivity contribution in [1.82, 2.24) is 4.34 Å². The molecule has 0 bridgehead atoms. The van der Waals surface area contributed by atoms with Gasteiger partial charge in [0.05, 0.1) is 33.9 Å². The van der Waals surface area contributed by atoms with E-state index in [1.54, 1.807) is 42.5 Å². The molecule has 2 atom stereocenters. The quantitative estimate of drug-likeness (QED) is 0.145. The number of fused-ring (bicyclic) bond motifs is 2. The number of hydrogen-bond acceptors (Lipinski definition) is 5. The van der Waals surface area contributed by atoms with E-state index in [1.807, 2.05) is 48.5 Å². The molecule has 0 spiro atoms. The zero-order valence-electron chi connectivity index (χ0n) is 21.2. The maximum absolute atomic E-state index is 16.7. The van der Waals surface area contributed by atoms with Crippen molar-refractivity contribution in [2.75, 3.05) is 14.2 Å². The Bertz CT molecular complexity index is 1720. The number of esters is 2. The molecule has 1 heterocycles. The first kappa shape index (κ1) is 26.6. The van der Waals surface area contributed by atoms with E-state index >= 15 is 4.20 Å². The summed E-state index contributed by atoms with van der Waals surface area (Å²) in [5, 5.41) is 3.00. The van der Waals surface area contributed by atoms with Crippen LogP contribution in [0.3, 0.4) is 0 Å². The molecule has 0 aliphatic heterocycles. The third-order valence-corrected chi connectivity index (χ3v) is 8.30. The number of hydrogen-bond donors (Lipinski definition) is 0. The molecule has 0 amide bonds. The standard InChI is InChI=1S/C30H24FNO5P2/c1-4-38-37-27-23(29(33)35-2)17-19-11-5-7-13-21(19)25(27)26-22-14-8-6-12-20(22)18-24(30(34)36-3)28(26)39(31)32-15-9-10-16-32/h4-18,38H,1H2,2-3H3. The van der Waals surface area contributed by atoms with Crippen LogP contribution in [-0.2, 0) is 9.47 Å². The van der Waals surface area contributed by atoms with Gasteiger partial charge in [-0.15, -0.1) is 0 Å². The summed E-state index contributed by atoms with van der Waals surface area (Å²) in [6.45, 7) is 3.76. The SMILES string of the molecule is C=CPOc1c(C(=O)OC)cc2ccccc2c1-c1c(P(F)n2cccc2)c(C(=O)OC)cc2ccccc12. The first-order valence-corrected chi connectivity index (χ1v) is 14.1. The Balaban J connectivity index is 2.04. The summed E-state index contributed by atoms with van der Waals surface area (Å²) >= 11 is 0. The van der Waals surface area contributed by atoms with Crippen molar-refractivity contribution in [3.63, 3.8) is 0 Å². The lowest BCUT2D eigenvalue weighted by molar-refractivity contribution is 0.0591. The third-order valence-electron chi connectivity index (χ3n) is 6.30. The lowest BCUT2D eigenvalue weighted by Gasteiger charge is -2.24. The van der Waals surface area contributed by atoms with Gasteiger partial charge in [-0.2, -0.15) is 4.20 Å². The van der Waals surface area contributed by atoms with Crippen molar-refractivity contribution in [1.29, 1.82) is 0 Å². The van der Waals surface area contributed by atoms with E-state index in [-0.39, 0.29) is 31.0 Å². The summed E-state index contributed by atoms with van der Waals surface area (Å²) in [7, 11) is -0.227. The molecular formula is C30H24FNO5P2. The third kappa shape index (κ3) is 4.80. The zero-order valence-corrected chi connectivity index (χ0v) is 23.1. The van der Waals surface area contributed by atoms with Crippen molar-refractivity contribution in [2.45, 2.75) is 0 Å². The predicted molar refractivity (Wildman–Crippen MR) is 156 cm³/mol. The van der Waals surface area contributed by atoms with Crippen LogP contribution in [0, 0.1) is 0 Å². The van der Waals surface area contributed by atoms with Gasteiger partial charge >= 0.3 is 11.9 Å². The van der Waals surface area contributed by atoms with Gasteiger partial charge in [0.15, 0.2) is 0 Å². The predicted octanol–water partition coefficient (Wildman–Crippen LogP) is 7.61. The second kappa shape index (κ2) is 11.4. The van der Waals surface area contributed by atoms with Gasteiger partial charge < -0.3 is 18.3 Å². The summed E-state index contributed by atoms with van der Waals surface area (Å²) in [5.74, 6) is 0.543. The molecule has 6 nitrogen and oxygen atoms in total. The maximum Gasteiger partial charge on any atom is 0.341 e. The van der Waals surface area contributed by atoms with Gasteiger partial charge in [0.2, 0.25) is 8.38 Å². The Morgan fingerprint density at radius 1 is 0.846 bits per heavy atom. The largest absolute Gasteiger partial charge is 0.471 e. The van der Waals surface area contributed by atoms with Crippen molar-refractivity contribution >= 4 is 56.0 Å². The molecule has 0 saturated carbocycles. The van der Waals surface area contributed by atoms with Gasteiger partial charge in [0.25, 0.3) is 0 Å². The molecule has 39 heavy (non-hydrogen) atoms. The van der Waals surface area contributed by atoms with Crippen molar-refractivity contribution in [3.8, 4) is 16.9 Å². The van der Waals surface area contributed by atoms with E-state index in [0.717, 1.165) is 10.8 Å². The summed E-state index contributed by atoms with van der Waals surface area (Å²) in [6, 6.07) is 21.7. The molecule has 0 fully saturated rings. The van der Waals surface area contributed by atoms with Crippen molar-refractivity contribution in [3.05, 3.63) is 109 Å². The number of benzene rings is 4. The first-order chi connectivity index (χ1) is 19.0. The molecule has 0 N–H and O–H groups in total. The fourth-order valence-electron chi connectivity index (χ4n) is 4.65. The number of aromatic nitrogens is 1. The van der Waals surface area contributed by atoms with Gasteiger partial charge in [-0.25, -0.2) is 9.59 Å². The van der Waals surface area contributed by atoms with E-state index in [2.05, 4.69) is 6.58 Å². The zero-order chi connectivity index (χ0) is 27.5. The van der Waals surface area contributed by atoms with E-state index < -0.39 is 20.3 Å². The molecule has 4 aromatic carbocycles. The molecule has 1 aromatic heterocycles. The van der Waals surface area contributed by atoms with E-state index in [9.17, 15) is 9.59 Å². The number of rotatable bonds is 8. The highest BCUT2D eigenvalue weighted by Gasteiger charge is 2.32. The van der Waals surface area contributed by atoms with Crippen LogP contribution in [0.1, 0.15) is 20.7 Å². The first-order valence-electron chi connectivity index (χ1n) is 11.9. The Kier molecular flexibility index (Phi) is 7.74. The topological polar surface area (TPSA) is 66.8 Å². The van der Waals surface area contributed by atoms with E-state index in [0.29, 0.717) is 21.9 Å². The molecule has 5 rings (SSSR count). The van der Waals surface area contributed by atoms with Crippen molar-refractivity contribution < 1.29 is 27.8 Å². The molecule has 0 radical (unpaired) electrons. The molecule has 0 saturated heterocycles. The number of methoxy groups -OCH3 is 2. The lowest BCUT2D eigenvalue weighted by Crippen LogP contribution is -2.20. The highest BCUT2D eigenvalue weighted by Crippen LogP contribution is 2.50. The van der Waals surface area contributed by atoms with Crippen LogP contribution in [0.15, 0.2) is 97.6 Å². The molecule has 0 aliphatic rings. The number of carbonyl (C=O) groups excluding carboxylic acids is 2. The number of carbonyl (C=O) groups is 2. The van der Waals surface area contributed by atoms with Gasteiger partial charge in [-0.3, -0.25) is 0 Å². The fourth-order valence-corrected chi connectivity index (χ4v) is 6.45. The normalized spacial score (nSPS) is 12.1. The van der Waals surface area contributed by atoms with Gasteiger partial charge in [-0.05, 0) is 51.6 Å². The average Bonchev–Trinajstić information content (AvgIpc) is 3.52. The highest BCUT2D eigenvalue weighted by atomic mass is 31.2. The van der Waals surface area contributed by atoms with Gasteiger partial charge in [0.1, 0.15) is 11.3 Å². The summed E-state index contributed by atoms with van der Waals surface area (Å²) in [6.07, 6.45) is 3.23. The Morgan fingerprint density at radius 3 is 1.97 bits per heavy atom. The van der Waals surface area contributed by atoms with Crippen LogP contribution >= 0.6 is 17.2 Å². The van der Waals surface area contributed by atoms with Crippen molar-refractivity contribution in [2.24, 2.45) is 0 Å². The minimum atomic E-state index is -2.59. The van der Waals surface area contributed by atoms with Crippen LogP contribution in [0.2, 0.25) is 0 Å². The highest BCUT2D eigenvalue weighted by molar-refractivity contribution is 7.59. The number of ether oxygens (including phenoxy) is 2. The Morgan fingerprint density at radius 2 is 1.38 bits per heavy atom. The number of nitrogens with zero attached hydrogens (tertiary/aromatic N) is 1. The van der Waals surface area contributed by atoms with Crippen LogP contribution in [0.5, 0.6) is 5.75 Å². The minimum absolute atomic E-state index is 0.0955. The smallest absolute Gasteiger partial charge is 0.341 e. The minimum Gasteiger partial charge on any atom is -0.471 e. The molecule has 0 aliphatic carbocycles. The summed E-state index contributed by atoms with van der Waals surface area (Å²) in [5.41, 5.74) is 1.21. The van der Waals surface area contributed by atoms with E-state index in [1.165, 1.54) is 18.6 Å². The summed E-state index contributed by atoms with van der Waals surface area (Å²) < 4.78 is 34.6. The van der Waals surface area contributed by atoms with Gasteiger partial charge in [0, 0.05) is 23.5 Å². The molecule has 5 aromatic rings. The second-order valence-corrected chi connectivity index (χ2v) is 10.7. The fraction of sp³-hybridized carbons (Fsp3) is 0.0667. The van der Waals surface area contributed by atoms with Crippen LogP contribution in [0.25, 0.3) is 32.7 Å². The van der Waals surface area contributed by atoms with Crippen LogP contribution < -0.4 is 9.83 Å². The molecule has 9 heteroatoms. The van der Waals surface area contributed by atoms with Gasteiger partial charge in [-0.1, -0.05) is 55.1 Å². The van der Waals surface area contributed by atoms with Crippen LogP contribution in [-0.4, -0.2) is 30.5 Å². The lowest BCUT2D eigenvalue weighted by atomic mass is 9.89. The second-order valence-electron chi connectivity index (χ2n) is 8.45.